The van der Waals surface area contributed by atoms with E-state index in [2.05, 4.69) is 189 Å². The highest BCUT2D eigenvalue weighted by molar-refractivity contribution is 6.22. The van der Waals surface area contributed by atoms with E-state index in [1.165, 1.54) is 99.1 Å². The second-order valence-corrected chi connectivity index (χ2v) is 14.1. The molecule has 0 saturated carbocycles. The summed E-state index contributed by atoms with van der Waals surface area (Å²) in [5, 5.41) is 7.68. The highest BCUT2D eigenvalue weighted by atomic mass is 14.3. The molecular formula is C51H36. The van der Waals surface area contributed by atoms with Crippen LogP contribution in [0.2, 0.25) is 0 Å². The standard InChI is InChI=1S/C51H36/c1-33-30-41-32-40(34-12-3-2-4-13-34)28-29-43(41)50-42(33)20-11-21-48(50)51-46-18-9-7-16-44(46)49(45-17-8-10-19-47(45)51)37-25-22-36(23-26-37)39-27-24-35-14-5-6-15-38(35)31-39/h2-29,31-33H,30H2,1H3. The zero-order valence-electron chi connectivity index (χ0n) is 28.6. The third-order valence-electron chi connectivity index (χ3n) is 11.1. The first-order valence-electron chi connectivity index (χ1n) is 18.1. The molecule has 1 aliphatic carbocycles. The monoisotopic (exact) mass is 648 g/mol. The predicted octanol–water partition coefficient (Wildman–Crippen LogP) is 14.1. The van der Waals surface area contributed by atoms with Crippen molar-refractivity contribution in [3.05, 3.63) is 193 Å². The third kappa shape index (κ3) is 4.90. The number of hydrogen-bond donors (Lipinski definition) is 0. The predicted molar refractivity (Wildman–Crippen MR) is 218 cm³/mol. The Kier molecular flexibility index (Phi) is 6.96. The van der Waals surface area contributed by atoms with Crippen molar-refractivity contribution in [1.82, 2.24) is 0 Å². The molecule has 0 heteroatoms. The van der Waals surface area contributed by atoms with Crippen molar-refractivity contribution in [1.29, 1.82) is 0 Å². The summed E-state index contributed by atoms with van der Waals surface area (Å²) in [6, 6.07) is 67.5. The lowest BCUT2D eigenvalue weighted by Crippen LogP contribution is -2.10. The van der Waals surface area contributed by atoms with Gasteiger partial charge in [0.05, 0.1) is 0 Å². The average molecular weight is 649 g/mol. The number of rotatable bonds is 4. The Hall–Kier alpha value is -6.24. The molecular weight excluding hydrogens is 613 g/mol. The van der Waals surface area contributed by atoms with E-state index in [0.29, 0.717) is 5.92 Å². The second-order valence-electron chi connectivity index (χ2n) is 14.1. The van der Waals surface area contributed by atoms with Crippen LogP contribution in [0, 0.1) is 0 Å². The Morgan fingerprint density at radius 2 is 0.902 bits per heavy atom. The van der Waals surface area contributed by atoms with Crippen LogP contribution in [0.5, 0.6) is 0 Å². The molecule has 1 aliphatic rings. The largest absolute Gasteiger partial charge is 0.0622 e. The van der Waals surface area contributed by atoms with Crippen LogP contribution in [0.1, 0.15) is 24.0 Å². The van der Waals surface area contributed by atoms with E-state index in [4.69, 9.17) is 0 Å². The van der Waals surface area contributed by atoms with Crippen molar-refractivity contribution in [2.75, 3.05) is 0 Å². The summed E-state index contributed by atoms with van der Waals surface area (Å²) in [7, 11) is 0. The van der Waals surface area contributed by atoms with E-state index in [9.17, 15) is 0 Å². The van der Waals surface area contributed by atoms with Gasteiger partial charge < -0.3 is 0 Å². The Labute approximate surface area is 299 Å². The first kappa shape index (κ1) is 29.7. The fourth-order valence-electron chi connectivity index (χ4n) is 8.67. The molecule has 9 aromatic rings. The minimum absolute atomic E-state index is 0.427. The van der Waals surface area contributed by atoms with Gasteiger partial charge in [-0.15, -0.1) is 0 Å². The molecule has 9 aromatic carbocycles. The van der Waals surface area contributed by atoms with Crippen molar-refractivity contribution in [3.8, 4) is 55.6 Å². The average Bonchev–Trinajstić information content (AvgIpc) is 3.20. The molecule has 1 unspecified atom stereocenters. The van der Waals surface area contributed by atoms with Crippen LogP contribution >= 0.6 is 0 Å². The van der Waals surface area contributed by atoms with Gasteiger partial charge in [-0.2, -0.15) is 0 Å². The van der Waals surface area contributed by atoms with Crippen molar-refractivity contribution in [3.63, 3.8) is 0 Å². The Bertz CT molecular complexity index is 2710. The molecule has 0 aliphatic heterocycles. The van der Waals surface area contributed by atoms with Crippen LogP contribution in [0.25, 0.3) is 88.0 Å². The van der Waals surface area contributed by atoms with E-state index in [1.807, 2.05) is 0 Å². The first-order chi connectivity index (χ1) is 25.2. The van der Waals surface area contributed by atoms with Crippen LogP contribution in [0.15, 0.2) is 182 Å². The molecule has 0 fully saturated rings. The minimum Gasteiger partial charge on any atom is -0.0622 e. The summed E-state index contributed by atoms with van der Waals surface area (Å²) in [5.74, 6) is 0.427. The van der Waals surface area contributed by atoms with Gasteiger partial charge in [0.25, 0.3) is 0 Å². The molecule has 0 N–H and O–H groups in total. The highest BCUT2D eigenvalue weighted by Gasteiger charge is 2.27. The van der Waals surface area contributed by atoms with Crippen molar-refractivity contribution in [2.24, 2.45) is 0 Å². The lowest BCUT2D eigenvalue weighted by Gasteiger charge is -2.29. The zero-order valence-corrected chi connectivity index (χ0v) is 28.6. The molecule has 0 aromatic heterocycles. The molecule has 10 rings (SSSR count). The summed E-state index contributed by atoms with van der Waals surface area (Å²) in [6.07, 6.45) is 1.04. The SMILES string of the molecule is CC1Cc2cc(-c3ccccc3)ccc2-c2c(-c3c4ccccc4c(-c4ccc(-c5ccc6ccccc6c5)cc4)c4ccccc34)cccc21. The summed E-state index contributed by atoms with van der Waals surface area (Å²) in [6.45, 7) is 2.39. The molecule has 0 spiro atoms. The lowest BCUT2D eigenvalue weighted by atomic mass is 9.74. The quantitative estimate of drug-likeness (QED) is 0.167. The maximum Gasteiger partial charge on any atom is -0.00200 e. The normalized spacial score (nSPS) is 13.7. The van der Waals surface area contributed by atoms with Gasteiger partial charge in [-0.25, -0.2) is 0 Å². The fourth-order valence-corrected chi connectivity index (χ4v) is 8.67. The first-order valence-corrected chi connectivity index (χ1v) is 18.1. The second kappa shape index (κ2) is 12.0. The number of benzene rings is 9. The Morgan fingerprint density at radius 3 is 1.63 bits per heavy atom. The van der Waals surface area contributed by atoms with Crippen molar-refractivity contribution in [2.45, 2.75) is 19.3 Å². The summed E-state index contributed by atoms with van der Waals surface area (Å²) in [4.78, 5) is 0. The Balaban J connectivity index is 1.17. The van der Waals surface area contributed by atoms with Gasteiger partial charge >= 0.3 is 0 Å². The van der Waals surface area contributed by atoms with Crippen LogP contribution in [0.4, 0.5) is 0 Å². The van der Waals surface area contributed by atoms with Crippen LogP contribution in [0.3, 0.4) is 0 Å². The van der Waals surface area contributed by atoms with Gasteiger partial charge in [0.2, 0.25) is 0 Å². The topological polar surface area (TPSA) is 0 Å². The number of hydrogen-bond acceptors (Lipinski definition) is 0. The summed E-state index contributed by atoms with van der Waals surface area (Å²) in [5.41, 5.74) is 15.8. The van der Waals surface area contributed by atoms with E-state index in [0.717, 1.165) is 6.42 Å². The summed E-state index contributed by atoms with van der Waals surface area (Å²) >= 11 is 0. The van der Waals surface area contributed by atoms with Crippen LogP contribution < -0.4 is 0 Å². The fraction of sp³-hybridized carbons (Fsp3) is 0.0588. The van der Waals surface area contributed by atoms with E-state index in [-0.39, 0.29) is 0 Å². The molecule has 240 valence electrons. The van der Waals surface area contributed by atoms with Gasteiger partial charge in [0.1, 0.15) is 0 Å². The minimum atomic E-state index is 0.427. The maximum atomic E-state index is 2.43. The van der Waals surface area contributed by atoms with Crippen molar-refractivity contribution >= 4 is 32.3 Å². The van der Waals surface area contributed by atoms with Gasteiger partial charge in [-0.05, 0) is 117 Å². The van der Waals surface area contributed by atoms with Gasteiger partial charge in [-0.1, -0.05) is 183 Å². The van der Waals surface area contributed by atoms with E-state index < -0.39 is 0 Å². The lowest BCUT2D eigenvalue weighted by molar-refractivity contribution is 0.750. The number of fused-ring (bicyclic) bond motifs is 6. The van der Waals surface area contributed by atoms with Gasteiger partial charge in [0, 0.05) is 0 Å². The molecule has 51 heavy (non-hydrogen) atoms. The van der Waals surface area contributed by atoms with Crippen molar-refractivity contribution < 1.29 is 0 Å². The summed E-state index contributed by atoms with van der Waals surface area (Å²) < 4.78 is 0. The zero-order chi connectivity index (χ0) is 33.9. The van der Waals surface area contributed by atoms with Crippen LogP contribution in [-0.2, 0) is 6.42 Å². The molecule has 0 nitrogen and oxygen atoms in total. The van der Waals surface area contributed by atoms with E-state index >= 15 is 0 Å². The van der Waals surface area contributed by atoms with Gasteiger partial charge in [-0.3, -0.25) is 0 Å². The molecule has 0 bridgehead atoms. The molecule has 0 saturated heterocycles. The highest BCUT2D eigenvalue weighted by Crippen LogP contribution is 2.50. The molecule has 0 amide bonds. The Morgan fingerprint density at radius 1 is 0.353 bits per heavy atom. The van der Waals surface area contributed by atoms with E-state index in [1.54, 1.807) is 0 Å². The van der Waals surface area contributed by atoms with Crippen LogP contribution in [-0.4, -0.2) is 0 Å². The maximum absolute atomic E-state index is 2.43. The molecule has 0 radical (unpaired) electrons. The van der Waals surface area contributed by atoms with Gasteiger partial charge in [0.15, 0.2) is 0 Å². The smallest absolute Gasteiger partial charge is 0.00200 e. The molecule has 0 heterocycles. The third-order valence-corrected chi connectivity index (χ3v) is 11.1. The molecule has 1 atom stereocenters.